The first-order valence-electron chi connectivity index (χ1n) is 9.20. The third-order valence-corrected chi connectivity index (χ3v) is 5.01. The van der Waals surface area contributed by atoms with Gasteiger partial charge < -0.3 is 9.52 Å². The van der Waals surface area contributed by atoms with Gasteiger partial charge in [-0.15, -0.1) is 0 Å². The van der Waals surface area contributed by atoms with Crippen molar-refractivity contribution in [2.45, 2.75) is 19.4 Å². The van der Waals surface area contributed by atoms with Gasteiger partial charge in [0.1, 0.15) is 5.82 Å². The molecule has 0 aliphatic carbocycles. The summed E-state index contributed by atoms with van der Waals surface area (Å²) in [5, 5.41) is 10.6. The number of hydrogen-bond donors (Lipinski definition) is 1. The lowest BCUT2D eigenvalue weighted by Crippen LogP contribution is -2.31. The Hall–Kier alpha value is -3.67. The molecule has 3 aromatic rings. The van der Waals surface area contributed by atoms with E-state index in [-0.39, 0.29) is 11.3 Å². The molecule has 1 unspecified atom stereocenters. The third kappa shape index (κ3) is 3.23. The van der Waals surface area contributed by atoms with E-state index in [9.17, 15) is 19.1 Å². The topological polar surface area (TPSA) is 70.8 Å². The summed E-state index contributed by atoms with van der Waals surface area (Å²) >= 11 is 0. The molecule has 2 aromatic carbocycles. The van der Waals surface area contributed by atoms with E-state index in [2.05, 4.69) is 0 Å². The Morgan fingerprint density at radius 3 is 2.38 bits per heavy atom. The standard InChI is InChI=1S/C23H18FNO4/c1-2-14-5-11-17(12-6-14)25-20(15-7-9-16(24)10-8-15)19(22(27)23(25)28)21(26)18-4-3-13-29-18/h3-13,20,27H,2H2,1H3. The molecule has 0 spiro atoms. The highest BCUT2D eigenvalue weighted by molar-refractivity contribution is 6.20. The number of carbonyl (C=O) groups is 2. The SMILES string of the molecule is CCc1ccc(N2C(=O)C(O)=C(C(=O)c3ccco3)C2c2ccc(F)cc2)cc1. The van der Waals surface area contributed by atoms with Crippen LogP contribution in [0.2, 0.25) is 0 Å². The molecule has 29 heavy (non-hydrogen) atoms. The minimum Gasteiger partial charge on any atom is -0.503 e. The zero-order chi connectivity index (χ0) is 20.5. The molecule has 0 fully saturated rings. The van der Waals surface area contributed by atoms with Crippen LogP contribution in [0.1, 0.15) is 34.6 Å². The molecular formula is C23H18FNO4. The number of aliphatic hydroxyl groups is 1. The Morgan fingerprint density at radius 2 is 1.79 bits per heavy atom. The maximum absolute atomic E-state index is 13.5. The first-order valence-corrected chi connectivity index (χ1v) is 9.20. The predicted molar refractivity (Wildman–Crippen MR) is 105 cm³/mol. The van der Waals surface area contributed by atoms with Crippen LogP contribution in [-0.2, 0) is 11.2 Å². The largest absolute Gasteiger partial charge is 0.503 e. The van der Waals surface area contributed by atoms with Crippen molar-refractivity contribution < 1.29 is 23.5 Å². The van der Waals surface area contributed by atoms with E-state index in [1.807, 2.05) is 19.1 Å². The number of hydrogen-bond acceptors (Lipinski definition) is 4. The van der Waals surface area contributed by atoms with Crippen LogP contribution < -0.4 is 4.90 Å². The van der Waals surface area contributed by atoms with Crippen molar-refractivity contribution in [1.29, 1.82) is 0 Å². The average Bonchev–Trinajstić information content (AvgIpc) is 3.36. The van der Waals surface area contributed by atoms with Gasteiger partial charge in [-0.1, -0.05) is 31.2 Å². The summed E-state index contributed by atoms with van der Waals surface area (Å²) < 4.78 is 18.7. The van der Waals surface area contributed by atoms with Gasteiger partial charge in [0, 0.05) is 5.69 Å². The van der Waals surface area contributed by atoms with E-state index in [1.54, 1.807) is 18.2 Å². The van der Waals surface area contributed by atoms with Crippen LogP contribution in [0.4, 0.5) is 10.1 Å². The lowest BCUT2D eigenvalue weighted by atomic mass is 9.94. The van der Waals surface area contributed by atoms with E-state index >= 15 is 0 Å². The summed E-state index contributed by atoms with van der Waals surface area (Å²) in [5.74, 6) is -2.36. The lowest BCUT2D eigenvalue weighted by Gasteiger charge is -2.27. The highest BCUT2D eigenvalue weighted by Gasteiger charge is 2.45. The number of benzene rings is 2. The fraction of sp³-hybridized carbons (Fsp3) is 0.130. The smallest absolute Gasteiger partial charge is 0.294 e. The number of rotatable bonds is 5. The molecule has 1 aliphatic rings. The Labute approximate surface area is 166 Å². The number of Topliss-reactive ketones (excluding diaryl/α,β-unsaturated/α-hetero) is 1. The lowest BCUT2D eigenvalue weighted by molar-refractivity contribution is -0.117. The number of anilines is 1. The van der Waals surface area contributed by atoms with Crippen molar-refractivity contribution in [3.05, 3.63) is 101 Å². The fourth-order valence-electron chi connectivity index (χ4n) is 3.50. The predicted octanol–water partition coefficient (Wildman–Crippen LogP) is 4.76. The van der Waals surface area contributed by atoms with Gasteiger partial charge in [0.2, 0.25) is 5.78 Å². The van der Waals surface area contributed by atoms with Gasteiger partial charge in [0.15, 0.2) is 11.5 Å². The van der Waals surface area contributed by atoms with Gasteiger partial charge in [0.25, 0.3) is 5.91 Å². The number of carbonyl (C=O) groups excluding carboxylic acids is 2. The minimum absolute atomic E-state index is 0.00893. The molecule has 0 bridgehead atoms. The molecule has 0 saturated carbocycles. The normalized spacial score (nSPS) is 16.6. The number of aryl methyl sites for hydroxylation is 1. The molecule has 1 N–H and O–H groups in total. The highest BCUT2D eigenvalue weighted by atomic mass is 19.1. The van der Waals surface area contributed by atoms with Crippen LogP contribution in [0.25, 0.3) is 0 Å². The highest BCUT2D eigenvalue weighted by Crippen LogP contribution is 2.42. The van der Waals surface area contributed by atoms with Crippen LogP contribution in [0, 0.1) is 5.82 Å². The van der Waals surface area contributed by atoms with Crippen molar-refractivity contribution in [3.8, 4) is 0 Å². The van der Waals surface area contributed by atoms with Gasteiger partial charge in [-0.3, -0.25) is 14.5 Å². The van der Waals surface area contributed by atoms with E-state index < -0.39 is 29.3 Å². The first-order chi connectivity index (χ1) is 14.0. The maximum Gasteiger partial charge on any atom is 0.294 e. The van der Waals surface area contributed by atoms with E-state index in [0.29, 0.717) is 11.3 Å². The molecule has 5 nitrogen and oxygen atoms in total. The second-order valence-corrected chi connectivity index (χ2v) is 6.72. The van der Waals surface area contributed by atoms with E-state index in [4.69, 9.17) is 4.42 Å². The number of halogens is 1. The minimum atomic E-state index is -0.909. The van der Waals surface area contributed by atoms with Crippen LogP contribution in [0.3, 0.4) is 0 Å². The summed E-state index contributed by atoms with van der Waals surface area (Å²) in [6.07, 6.45) is 2.18. The second-order valence-electron chi connectivity index (χ2n) is 6.72. The summed E-state index contributed by atoms with van der Waals surface area (Å²) in [6, 6.07) is 14.9. The molecule has 1 aliphatic heterocycles. The van der Waals surface area contributed by atoms with Gasteiger partial charge >= 0.3 is 0 Å². The molecule has 0 saturated heterocycles. The van der Waals surface area contributed by atoms with E-state index in [1.165, 1.54) is 41.5 Å². The molecule has 2 heterocycles. The first kappa shape index (κ1) is 18.7. The third-order valence-electron chi connectivity index (χ3n) is 5.01. The Balaban J connectivity index is 1.85. The summed E-state index contributed by atoms with van der Waals surface area (Å²) in [6.45, 7) is 2.02. The average molecular weight is 391 g/mol. The van der Waals surface area contributed by atoms with E-state index in [0.717, 1.165) is 12.0 Å². The van der Waals surface area contributed by atoms with Crippen molar-refractivity contribution in [2.24, 2.45) is 0 Å². The number of amides is 1. The zero-order valence-electron chi connectivity index (χ0n) is 15.6. The number of ketones is 1. The molecule has 146 valence electrons. The molecule has 1 amide bonds. The van der Waals surface area contributed by atoms with Gasteiger partial charge in [-0.25, -0.2) is 4.39 Å². The summed E-state index contributed by atoms with van der Waals surface area (Å²) in [5.41, 5.74) is 2.01. The molecule has 6 heteroatoms. The summed E-state index contributed by atoms with van der Waals surface area (Å²) in [7, 11) is 0. The summed E-state index contributed by atoms with van der Waals surface area (Å²) in [4.78, 5) is 27.3. The Kier molecular flexibility index (Phi) is 4.76. The van der Waals surface area contributed by atoms with Gasteiger partial charge in [0.05, 0.1) is 17.9 Å². The van der Waals surface area contributed by atoms with Gasteiger partial charge in [-0.05, 0) is 53.9 Å². The van der Waals surface area contributed by atoms with Crippen LogP contribution >= 0.6 is 0 Å². The number of nitrogens with zero attached hydrogens (tertiary/aromatic N) is 1. The molecule has 1 atom stereocenters. The van der Waals surface area contributed by atoms with Crippen molar-refractivity contribution in [3.63, 3.8) is 0 Å². The molecular weight excluding hydrogens is 373 g/mol. The van der Waals surface area contributed by atoms with Gasteiger partial charge in [-0.2, -0.15) is 0 Å². The maximum atomic E-state index is 13.5. The van der Waals surface area contributed by atoms with Crippen LogP contribution in [0.15, 0.2) is 82.7 Å². The zero-order valence-corrected chi connectivity index (χ0v) is 15.6. The quantitative estimate of drug-likeness (QED) is 0.637. The van der Waals surface area contributed by atoms with Crippen molar-refractivity contribution >= 4 is 17.4 Å². The molecule has 4 rings (SSSR count). The monoisotopic (exact) mass is 391 g/mol. The fourth-order valence-corrected chi connectivity index (χ4v) is 3.50. The van der Waals surface area contributed by atoms with Crippen molar-refractivity contribution in [1.82, 2.24) is 0 Å². The van der Waals surface area contributed by atoms with Crippen LogP contribution in [-0.4, -0.2) is 16.8 Å². The number of furan rings is 1. The molecule has 1 aromatic heterocycles. The Morgan fingerprint density at radius 1 is 1.10 bits per heavy atom. The second kappa shape index (κ2) is 7.39. The molecule has 0 radical (unpaired) electrons. The van der Waals surface area contributed by atoms with Crippen molar-refractivity contribution in [2.75, 3.05) is 4.90 Å². The Bertz CT molecular complexity index is 1080. The van der Waals surface area contributed by atoms with Crippen LogP contribution in [0.5, 0.6) is 0 Å². The number of aliphatic hydroxyl groups excluding tert-OH is 1.